The van der Waals surface area contributed by atoms with Crippen molar-refractivity contribution in [2.45, 2.75) is 51.5 Å². The van der Waals surface area contributed by atoms with Gasteiger partial charge in [-0.1, -0.05) is 54.6 Å². The number of aryl methyl sites for hydroxylation is 1. The molecule has 1 aliphatic rings. The lowest BCUT2D eigenvalue weighted by Gasteiger charge is -2.14. The lowest BCUT2D eigenvalue weighted by atomic mass is 10.1. The van der Waals surface area contributed by atoms with E-state index in [-0.39, 0.29) is 17.8 Å². The summed E-state index contributed by atoms with van der Waals surface area (Å²) < 4.78 is 5.12. The second-order valence-corrected chi connectivity index (χ2v) is 5.95. The van der Waals surface area contributed by atoms with Crippen LogP contribution < -0.4 is 5.32 Å². The Morgan fingerprint density at radius 2 is 2.00 bits per heavy atom. The van der Waals surface area contributed by atoms with Gasteiger partial charge in [0.25, 0.3) is 0 Å². The first-order valence-electron chi connectivity index (χ1n) is 7.94. The molecule has 0 atom stereocenters. The molecule has 1 aromatic carbocycles. The van der Waals surface area contributed by atoms with Crippen LogP contribution >= 0.6 is 0 Å². The molecule has 1 fully saturated rings. The van der Waals surface area contributed by atoms with Crippen molar-refractivity contribution in [2.24, 2.45) is 0 Å². The molecule has 5 nitrogen and oxygen atoms in total. The monoisotopic (exact) mass is 299 g/mol. The van der Waals surface area contributed by atoms with Crippen LogP contribution in [0.2, 0.25) is 0 Å². The maximum absolute atomic E-state index is 12.2. The minimum Gasteiger partial charge on any atom is -0.345 e. The summed E-state index contributed by atoms with van der Waals surface area (Å²) in [6.07, 6.45) is 6.91. The van der Waals surface area contributed by atoms with Crippen LogP contribution in [0.4, 0.5) is 0 Å². The van der Waals surface area contributed by atoms with E-state index in [0.29, 0.717) is 5.82 Å². The maximum atomic E-state index is 12.2. The number of nitrogens with one attached hydrogen (secondary N) is 1. The van der Waals surface area contributed by atoms with E-state index in [9.17, 15) is 4.79 Å². The van der Waals surface area contributed by atoms with Gasteiger partial charge < -0.3 is 9.84 Å². The van der Waals surface area contributed by atoms with Crippen molar-refractivity contribution in [3.8, 4) is 11.4 Å². The summed E-state index contributed by atoms with van der Waals surface area (Å²) in [5.41, 5.74) is 1.98. The Kier molecular flexibility index (Phi) is 4.51. The molecule has 1 aliphatic carbocycles. The number of carbonyl (C=O) groups excluding carboxylic acids is 1. The van der Waals surface area contributed by atoms with Gasteiger partial charge in [0.2, 0.25) is 5.82 Å². The van der Waals surface area contributed by atoms with E-state index in [1.807, 2.05) is 31.2 Å². The highest BCUT2D eigenvalue weighted by Crippen LogP contribution is 2.19. The van der Waals surface area contributed by atoms with Crippen LogP contribution in [-0.2, 0) is 0 Å². The van der Waals surface area contributed by atoms with E-state index in [2.05, 4.69) is 15.5 Å². The third-order valence-electron chi connectivity index (χ3n) is 4.09. The highest BCUT2D eigenvalue weighted by Gasteiger charge is 2.20. The van der Waals surface area contributed by atoms with Gasteiger partial charge in [-0.05, 0) is 25.8 Å². The zero-order chi connectivity index (χ0) is 15.4. The van der Waals surface area contributed by atoms with Gasteiger partial charge in [-0.2, -0.15) is 4.98 Å². The minimum atomic E-state index is -0.265. The van der Waals surface area contributed by atoms with Crippen molar-refractivity contribution in [1.29, 1.82) is 0 Å². The predicted molar refractivity (Wildman–Crippen MR) is 83.4 cm³/mol. The molecule has 1 N–H and O–H groups in total. The van der Waals surface area contributed by atoms with Crippen LogP contribution in [0.25, 0.3) is 11.4 Å². The number of hydrogen-bond donors (Lipinski definition) is 1. The SMILES string of the molecule is Cc1cccc(-c2noc(C(=O)NC3CCCCCC3)n2)c1. The first kappa shape index (κ1) is 14.8. The zero-order valence-corrected chi connectivity index (χ0v) is 12.8. The Hall–Kier alpha value is -2.17. The minimum absolute atomic E-state index is 0.0424. The van der Waals surface area contributed by atoms with Gasteiger partial charge in [0.1, 0.15) is 0 Å². The average Bonchev–Trinajstić information content (AvgIpc) is 2.87. The van der Waals surface area contributed by atoms with Gasteiger partial charge in [0, 0.05) is 11.6 Å². The predicted octanol–water partition coefficient (Wildman–Crippen LogP) is 3.50. The molecule has 1 aromatic heterocycles. The van der Waals surface area contributed by atoms with Crippen molar-refractivity contribution in [3.05, 3.63) is 35.7 Å². The maximum Gasteiger partial charge on any atom is 0.316 e. The third-order valence-corrected chi connectivity index (χ3v) is 4.09. The van der Waals surface area contributed by atoms with Gasteiger partial charge in [0.15, 0.2) is 0 Å². The summed E-state index contributed by atoms with van der Waals surface area (Å²) in [6.45, 7) is 2.00. The molecule has 1 saturated carbocycles. The molecule has 2 aromatic rings. The summed E-state index contributed by atoms with van der Waals surface area (Å²) in [6, 6.07) is 8.04. The first-order valence-corrected chi connectivity index (χ1v) is 7.94. The number of benzene rings is 1. The third kappa shape index (κ3) is 3.53. The summed E-state index contributed by atoms with van der Waals surface area (Å²) in [5.74, 6) is 0.230. The van der Waals surface area contributed by atoms with Crippen molar-refractivity contribution < 1.29 is 9.32 Å². The lowest BCUT2D eigenvalue weighted by Crippen LogP contribution is -2.34. The van der Waals surface area contributed by atoms with E-state index in [0.717, 1.165) is 24.0 Å². The van der Waals surface area contributed by atoms with Crippen molar-refractivity contribution in [3.63, 3.8) is 0 Å². The second kappa shape index (κ2) is 6.73. The summed E-state index contributed by atoms with van der Waals surface area (Å²) >= 11 is 0. The fourth-order valence-corrected chi connectivity index (χ4v) is 2.89. The molecule has 0 saturated heterocycles. The van der Waals surface area contributed by atoms with E-state index < -0.39 is 0 Å². The molecule has 0 aliphatic heterocycles. The largest absolute Gasteiger partial charge is 0.345 e. The van der Waals surface area contributed by atoms with Crippen LogP contribution in [-0.4, -0.2) is 22.1 Å². The van der Waals surface area contributed by atoms with Gasteiger partial charge in [-0.15, -0.1) is 0 Å². The Balaban J connectivity index is 1.68. The van der Waals surface area contributed by atoms with E-state index in [4.69, 9.17) is 4.52 Å². The van der Waals surface area contributed by atoms with E-state index >= 15 is 0 Å². The first-order chi connectivity index (χ1) is 10.7. The van der Waals surface area contributed by atoms with Crippen LogP contribution in [0.1, 0.15) is 54.8 Å². The molecule has 3 rings (SSSR count). The van der Waals surface area contributed by atoms with Crippen LogP contribution in [0.5, 0.6) is 0 Å². The summed E-state index contributed by atoms with van der Waals surface area (Å²) in [4.78, 5) is 16.5. The number of rotatable bonds is 3. The molecule has 1 heterocycles. The van der Waals surface area contributed by atoms with Crippen molar-refractivity contribution in [2.75, 3.05) is 0 Å². The topological polar surface area (TPSA) is 68.0 Å². The smallest absolute Gasteiger partial charge is 0.316 e. The van der Waals surface area contributed by atoms with Gasteiger partial charge in [-0.25, -0.2) is 0 Å². The molecule has 5 heteroatoms. The van der Waals surface area contributed by atoms with Crippen molar-refractivity contribution in [1.82, 2.24) is 15.5 Å². The molecule has 116 valence electrons. The Bertz CT molecular complexity index is 643. The molecule has 0 radical (unpaired) electrons. The summed E-state index contributed by atoms with van der Waals surface area (Å²) in [7, 11) is 0. The number of nitrogens with zero attached hydrogens (tertiary/aromatic N) is 2. The second-order valence-electron chi connectivity index (χ2n) is 5.95. The van der Waals surface area contributed by atoms with Gasteiger partial charge in [0.05, 0.1) is 0 Å². The normalized spacial score (nSPS) is 16.2. The molecular weight excluding hydrogens is 278 g/mol. The lowest BCUT2D eigenvalue weighted by molar-refractivity contribution is 0.0889. The average molecular weight is 299 g/mol. The molecule has 1 amide bonds. The highest BCUT2D eigenvalue weighted by molar-refractivity contribution is 5.90. The fraction of sp³-hybridized carbons (Fsp3) is 0.471. The number of hydrogen-bond acceptors (Lipinski definition) is 4. The molecule has 0 bridgehead atoms. The summed E-state index contributed by atoms with van der Waals surface area (Å²) in [5, 5.41) is 6.93. The van der Waals surface area contributed by atoms with Gasteiger partial charge in [-0.3, -0.25) is 4.79 Å². The van der Waals surface area contributed by atoms with E-state index in [1.165, 1.54) is 25.7 Å². The Labute approximate surface area is 130 Å². The van der Waals surface area contributed by atoms with Crippen LogP contribution in [0.15, 0.2) is 28.8 Å². The quantitative estimate of drug-likeness (QED) is 0.881. The standard InChI is InChI=1S/C17H21N3O2/c1-12-7-6-8-13(11-12)15-19-17(22-20-15)16(21)18-14-9-4-2-3-5-10-14/h6-8,11,14H,2-5,9-10H2,1H3,(H,18,21). The Morgan fingerprint density at radius 3 is 2.73 bits per heavy atom. The highest BCUT2D eigenvalue weighted by atomic mass is 16.5. The van der Waals surface area contributed by atoms with Crippen LogP contribution in [0.3, 0.4) is 0 Å². The Morgan fingerprint density at radius 1 is 1.23 bits per heavy atom. The zero-order valence-electron chi connectivity index (χ0n) is 12.8. The van der Waals surface area contributed by atoms with Crippen molar-refractivity contribution >= 4 is 5.91 Å². The molecule has 0 spiro atoms. The fourth-order valence-electron chi connectivity index (χ4n) is 2.89. The number of carbonyl (C=O) groups is 1. The molecule has 0 unspecified atom stereocenters. The number of amides is 1. The van der Waals surface area contributed by atoms with E-state index in [1.54, 1.807) is 0 Å². The van der Waals surface area contributed by atoms with Gasteiger partial charge >= 0.3 is 11.8 Å². The van der Waals surface area contributed by atoms with Crippen LogP contribution in [0, 0.1) is 6.92 Å². The number of aromatic nitrogens is 2. The molecular formula is C17H21N3O2. The molecule has 22 heavy (non-hydrogen) atoms.